The van der Waals surface area contributed by atoms with Gasteiger partial charge in [-0.15, -0.1) is 0 Å². The number of nitrogens with two attached hydrogens (primary N) is 1. The standard InChI is InChI=1S/C13H24N6O2/c1-3-19(4-2)12-17-10(14)16-11(18-12)15-9-13(20)5-7-21-8-6-13/h20H,3-9H2,1-2H3,(H3,14,15,16,17,18). The van der Waals surface area contributed by atoms with Crippen LogP contribution in [0.15, 0.2) is 0 Å². The minimum Gasteiger partial charge on any atom is -0.388 e. The summed E-state index contributed by atoms with van der Waals surface area (Å²) in [5, 5.41) is 13.5. The highest BCUT2D eigenvalue weighted by molar-refractivity contribution is 5.41. The van der Waals surface area contributed by atoms with Gasteiger partial charge in [-0.05, 0) is 13.8 Å². The minimum absolute atomic E-state index is 0.174. The third-order valence-corrected chi connectivity index (χ3v) is 3.69. The van der Waals surface area contributed by atoms with E-state index in [0.29, 0.717) is 44.5 Å². The molecule has 2 heterocycles. The molecule has 0 unspecified atom stereocenters. The number of nitrogens with zero attached hydrogens (tertiary/aromatic N) is 4. The molecule has 8 heteroatoms. The van der Waals surface area contributed by atoms with E-state index < -0.39 is 5.60 Å². The fourth-order valence-corrected chi connectivity index (χ4v) is 2.28. The summed E-state index contributed by atoms with van der Waals surface area (Å²) in [6.07, 6.45) is 1.20. The van der Waals surface area contributed by atoms with Crippen LogP contribution < -0.4 is 16.0 Å². The van der Waals surface area contributed by atoms with Gasteiger partial charge in [-0.25, -0.2) is 0 Å². The Hall–Kier alpha value is -1.67. The van der Waals surface area contributed by atoms with E-state index in [1.54, 1.807) is 0 Å². The van der Waals surface area contributed by atoms with Crippen LogP contribution in [-0.2, 0) is 4.74 Å². The first-order valence-corrected chi connectivity index (χ1v) is 7.37. The number of hydrogen-bond donors (Lipinski definition) is 3. The van der Waals surface area contributed by atoms with E-state index in [0.717, 1.165) is 13.1 Å². The van der Waals surface area contributed by atoms with Gasteiger partial charge in [0, 0.05) is 45.7 Å². The smallest absolute Gasteiger partial charge is 0.231 e. The summed E-state index contributed by atoms with van der Waals surface area (Å²) in [5.74, 6) is 1.12. The Bertz CT molecular complexity index is 460. The van der Waals surface area contributed by atoms with Gasteiger partial charge >= 0.3 is 0 Å². The van der Waals surface area contributed by atoms with Crippen LogP contribution in [0.1, 0.15) is 26.7 Å². The zero-order chi connectivity index (χ0) is 15.3. The van der Waals surface area contributed by atoms with Gasteiger partial charge in [0.2, 0.25) is 17.8 Å². The zero-order valence-electron chi connectivity index (χ0n) is 12.7. The van der Waals surface area contributed by atoms with E-state index in [9.17, 15) is 5.11 Å². The van der Waals surface area contributed by atoms with Crippen molar-refractivity contribution in [3.8, 4) is 0 Å². The van der Waals surface area contributed by atoms with E-state index in [4.69, 9.17) is 10.5 Å². The molecule has 0 saturated carbocycles. The van der Waals surface area contributed by atoms with Gasteiger partial charge in [-0.3, -0.25) is 0 Å². The van der Waals surface area contributed by atoms with Crippen LogP contribution in [0, 0.1) is 0 Å². The topological polar surface area (TPSA) is 109 Å². The van der Waals surface area contributed by atoms with Crippen molar-refractivity contribution in [1.82, 2.24) is 15.0 Å². The number of aliphatic hydroxyl groups is 1. The van der Waals surface area contributed by atoms with Crippen molar-refractivity contribution in [2.24, 2.45) is 0 Å². The number of nitrogens with one attached hydrogen (secondary N) is 1. The van der Waals surface area contributed by atoms with Crippen molar-refractivity contribution < 1.29 is 9.84 Å². The molecular formula is C13H24N6O2. The van der Waals surface area contributed by atoms with Gasteiger partial charge in [-0.1, -0.05) is 0 Å². The fourth-order valence-electron chi connectivity index (χ4n) is 2.28. The molecule has 118 valence electrons. The maximum absolute atomic E-state index is 10.4. The second-order valence-corrected chi connectivity index (χ2v) is 5.18. The van der Waals surface area contributed by atoms with Gasteiger partial charge in [-0.2, -0.15) is 15.0 Å². The third-order valence-electron chi connectivity index (χ3n) is 3.69. The van der Waals surface area contributed by atoms with Crippen LogP contribution in [0.3, 0.4) is 0 Å². The molecule has 8 nitrogen and oxygen atoms in total. The Balaban J connectivity index is 2.05. The normalized spacial score (nSPS) is 17.5. The molecule has 0 aromatic carbocycles. The molecule has 1 aromatic rings. The summed E-state index contributed by atoms with van der Waals surface area (Å²) in [5.41, 5.74) is 4.95. The summed E-state index contributed by atoms with van der Waals surface area (Å²) in [4.78, 5) is 14.6. The lowest BCUT2D eigenvalue weighted by molar-refractivity contribution is -0.0544. The van der Waals surface area contributed by atoms with Crippen LogP contribution in [0.5, 0.6) is 0 Å². The molecule has 0 atom stereocenters. The molecule has 2 rings (SSSR count). The molecular weight excluding hydrogens is 272 g/mol. The number of aromatic nitrogens is 3. The molecule has 0 bridgehead atoms. The monoisotopic (exact) mass is 296 g/mol. The van der Waals surface area contributed by atoms with Gasteiger partial charge < -0.3 is 25.8 Å². The van der Waals surface area contributed by atoms with E-state index in [2.05, 4.69) is 20.3 Å². The predicted octanol–water partition coefficient (Wildman–Crippen LogP) is 0.253. The van der Waals surface area contributed by atoms with Crippen molar-refractivity contribution in [3.05, 3.63) is 0 Å². The Morgan fingerprint density at radius 2 is 1.90 bits per heavy atom. The first kappa shape index (κ1) is 15.7. The van der Waals surface area contributed by atoms with Crippen LogP contribution in [-0.4, -0.2) is 58.5 Å². The second-order valence-electron chi connectivity index (χ2n) is 5.18. The van der Waals surface area contributed by atoms with Crippen LogP contribution in [0.25, 0.3) is 0 Å². The highest BCUT2D eigenvalue weighted by atomic mass is 16.5. The molecule has 21 heavy (non-hydrogen) atoms. The van der Waals surface area contributed by atoms with Crippen molar-refractivity contribution >= 4 is 17.8 Å². The quantitative estimate of drug-likeness (QED) is 0.685. The maximum atomic E-state index is 10.4. The van der Waals surface area contributed by atoms with Crippen molar-refractivity contribution in [2.75, 3.05) is 48.8 Å². The van der Waals surface area contributed by atoms with Crippen LogP contribution >= 0.6 is 0 Å². The molecule has 1 aliphatic rings. The molecule has 1 saturated heterocycles. The molecule has 0 radical (unpaired) electrons. The van der Waals surface area contributed by atoms with Crippen LogP contribution in [0.2, 0.25) is 0 Å². The second kappa shape index (κ2) is 6.86. The molecule has 1 fully saturated rings. The Morgan fingerprint density at radius 3 is 2.52 bits per heavy atom. The van der Waals surface area contributed by atoms with Crippen LogP contribution in [0.4, 0.5) is 17.8 Å². The summed E-state index contributed by atoms with van der Waals surface area (Å²) in [7, 11) is 0. The van der Waals surface area contributed by atoms with Crippen molar-refractivity contribution in [2.45, 2.75) is 32.3 Å². The lowest BCUT2D eigenvalue weighted by Crippen LogP contribution is -2.42. The number of ether oxygens (including phenoxy) is 1. The Morgan fingerprint density at radius 1 is 1.24 bits per heavy atom. The first-order chi connectivity index (χ1) is 10.1. The third kappa shape index (κ3) is 4.15. The molecule has 1 aromatic heterocycles. The molecule has 1 aliphatic heterocycles. The van der Waals surface area contributed by atoms with Crippen molar-refractivity contribution in [3.63, 3.8) is 0 Å². The minimum atomic E-state index is -0.783. The summed E-state index contributed by atoms with van der Waals surface area (Å²) in [6.45, 7) is 7.16. The van der Waals surface area contributed by atoms with Gasteiger partial charge in [0.05, 0.1) is 5.60 Å². The summed E-state index contributed by atoms with van der Waals surface area (Å²) < 4.78 is 5.26. The number of rotatable bonds is 6. The van der Waals surface area contributed by atoms with Crippen molar-refractivity contribution in [1.29, 1.82) is 0 Å². The lowest BCUT2D eigenvalue weighted by atomic mass is 9.94. The molecule has 0 spiro atoms. The average Bonchev–Trinajstić information content (AvgIpc) is 2.47. The average molecular weight is 296 g/mol. The maximum Gasteiger partial charge on any atom is 0.231 e. The SMILES string of the molecule is CCN(CC)c1nc(N)nc(NCC2(O)CCOCC2)n1. The van der Waals surface area contributed by atoms with E-state index >= 15 is 0 Å². The van der Waals surface area contributed by atoms with Gasteiger partial charge in [0.25, 0.3) is 0 Å². The van der Waals surface area contributed by atoms with Gasteiger partial charge in [0.1, 0.15) is 0 Å². The number of anilines is 3. The highest BCUT2D eigenvalue weighted by Gasteiger charge is 2.29. The number of hydrogen-bond acceptors (Lipinski definition) is 8. The molecule has 0 amide bonds. The molecule has 4 N–H and O–H groups in total. The Kier molecular flexibility index (Phi) is 5.13. The Labute approximate surface area is 124 Å². The summed E-state index contributed by atoms with van der Waals surface area (Å²) in [6, 6.07) is 0. The zero-order valence-corrected chi connectivity index (χ0v) is 12.7. The largest absolute Gasteiger partial charge is 0.388 e. The van der Waals surface area contributed by atoms with Gasteiger partial charge in [0.15, 0.2) is 0 Å². The number of nitrogen functional groups attached to an aromatic ring is 1. The first-order valence-electron chi connectivity index (χ1n) is 7.37. The molecule has 0 aliphatic carbocycles. The highest BCUT2D eigenvalue weighted by Crippen LogP contribution is 2.21. The lowest BCUT2D eigenvalue weighted by Gasteiger charge is -2.32. The van der Waals surface area contributed by atoms with E-state index in [1.165, 1.54) is 0 Å². The van der Waals surface area contributed by atoms with E-state index in [1.807, 2.05) is 18.7 Å². The summed E-state index contributed by atoms with van der Waals surface area (Å²) >= 11 is 0. The fraction of sp³-hybridized carbons (Fsp3) is 0.769. The van der Waals surface area contributed by atoms with E-state index in [-0.39, 0.29) is 5.95 Å². The predicted molar refractivity (Wildman–Crippen MR) is 81.3 cm³/mol.